The first kappa shape index (κ1) is 19.9. The minimum atomic E-state index is 0.785. The third-order valence-corrected chi connectivity index (χ3v) is 7.46. The van der Waals surface area contributed by atoms with Crippen molar-refractivity contribution in [2.24, 2.45) is 0 Å². The summed E-state index contributed by atoms with van der Waals surface area (Å²) in [6, 6.07) is 0. The van der Waals surface area contributed by atoms with E-state index in [1.807, 2.05) is 0 Å². The number of aryl methyl sites for hydroxylation is 1. The molecule has 0 unspecified atom stereocenters. The number of fused-ring (bicyclic) bond motifs is 5. The van der Waals surface area contributed by atoms with Crippen molar-refractivity contribution in [3.8, 4) is 0 Å². The van der Waals surface area contributed by atoms with Gasteiger partial charge in [-0.1, -0.05) is 13.8 Å². The number of nitrogens with zero attached hydrogens (tertiary/aromatic N) is 5. The minimum absolute atomic E-state index is 0.785. The molecule has 0 atom stereocenters. The maximum absolute atomic E-state index is 5.57. The summed E-state index contributed by atoms with van der Waals surface area (Å²) in [4.78, 5) is 20.4. The number of morpholine rings is 1. The minimum Gasteiger partial charge on any atom is -0.378 e. The molecule has 0 radical (unpaired) electrons. The van der Waals surface area contributed by atoms with Crippen molar-refractivity contribution in [1.29, 1.82) is 0 Å². The summed E-state index contributed by atoms with van der Waals surface area (Å²) in [5, 5.41) is 4.81. The Morgan fingerprint density at radius 2 is 1.93 bits per heavy atom. The molecule has 1 N–H and O–H groups in total. The first-order chi connectivity index (χ1) is 14.8. The lowest BCUT2D eigenvalue weighted by molar-refractivity contribution is 0.122. The van der Waals surface area contributed by atoms with Gasteiger partial charge in [0.2, 0.25) is 0 Å². The van der Waals surface area contributed by atoms with Gasteiger partial charge in [0.05, 0.1) is 23.4 Å². The van der Waals surface area contributed by atoms with Crippen LogP contribution >= 0.6 is 11.3 Å². The number of pyridine rings is 1. The lowest BCUT2D eigenvalue weighted by atomic mass is 10.1. The predicted octanol–water partition coefficient (Wildman–Crippen LogP) is 3.32. The van der Waals surface area contributed by atoms with Crippen molar-refractivity contribution in [3.63, 3.8) is 0 Å². The second kappa shape index (κ2) is 8.61. The Bertz CT molecular complexity index is 1040. The first-order valence-corrected chi connectivity index (χ1v) is 12.0. The third kappa shape index (κ3) is 3.50. The summed E-state index contributed by atoms with van der Waals surface area (Å²) in [5.41, 5.74) is 3.95. The molecular formula is C22H30N6OS. The van der Waals surface area contributed by atoms with E-state index in [-0.39, 0.29) is 0 Å². The van der Waals surface area contributed by atoms with Crippen molar-refractivity contribution >= 4 is 43.4 Å². The number of aromatic nitrogens is 3. The highest BCUT2D eigenvalue weighted by molar-refractivity contribution is 7.26. The zero-order chi connectivity index (χ0) is 20.5. The number of thiophene rings is 1. The zero-order valence-corrected chi connectivity index (χ0v) is 18.7. The molecule has 160 valence electrons. The average molecular weight is 427 g/mol. The van der Waals surface area contributed by atoms with Crippen LogP contribution < -0.4 is 10.2 Å². The summed E-state index contributed by atoms with van der Waals surface area (Å²) >= 11 is 1.73. The van der Waals surface area contributed by atoms with Gasteiger partial charge in [-0.25, -0.2) is 15.0 Å². The highest BCUT2D eigenvalue weighted by Crippen LogP contribution is 2.43. The molecule has 1 aliphatic carbocycles. The molecule has 0 amide bonds. The van der Waals surface area contributed by atoms with Crippen molar-refractivity contribution < 1.29 is 4.74 Å². The maximum atomic E-state index is 5.57. The zero-order valence-electron chi connectivity index (χ0n) is 17.9. The van der Waals surface area contributed by atoms with Gasteiger partial charge in [-0.2, -0.15) is 0 Å². The Hall–Kier alpha value is -2.03. The molecule has 0 spiro atoms. The highest BCUT2D eigenvalue weighted by Gasteiger charge is 2.27. The molecule has 30 heavy (non-hydrogen) atoms. The van der Waals surface area contributed by atoms with Gasteiger partial charge >= 0.3 is 0 Å². The lowest BCUT2D eigenvalue weighted by Crippen LogP contribution is -2.37. The van der Waals surface area contributed by atoms with E-state index in [1.54, 1.807) is 17.7 Å². The SMILES string of the molecule is CCN(CC)CCNc1ncnc2c1sc1nc(N3CCOCC3)c3c(c12)CCC3. The molecular weight excluding hydrogens is 396 g/mol. The van der Waals surface area contributed by atoms with Crippen LogP contribution in [0.3, 0.4) is 0 Å². The van der Waals surface area contributed by atoms with Gasteiger partial charge in [0.15, 0.2) is 0 Å². The average Bonchev–Trinajstić information content (AvgIpc) is 3.41. The van der Waals surface area contributed by atoms with Gasteiger partial charge in [-0.15, -0.1) is 11.3 Å². The smallest absolute Gasteiger partial charge is 0.147 e. The van der Waals surface area contributed by atoms with E-state index in [9.17, 15) is 0 Å². The molecule has 8 heteroatoms. The Morgan fingerprint density at radius 3 is 2.73 bits per heavy atom. The standard InChI is InChI=1S/C22H30N6OS/c1-3-27(4-2)9-8-23-20-19-18(24-14-25-20)17-15-6-5-7-16(15)21(26-22(17)30-19)28-10-12-29-13-11-28/h14H,3-13H2,1-2H3,(H,23,24,25). The van der Waals surface area contributed by atoms with Crippen molar-refractivity contribution in [1.82, 2.24) is 19.9 Å². The Morgan fingerprint density at radius 1 is 1.13 bits per heavy atom. The molecule has 0 bridgehead atoms. The second-order valence-electron chi connectivity index (χ2n) is 7.98. The van der Waals surface area contributed by atoms with Gasteiger partial charge in [0, 0.05) is 31.6 Å². The van der Waals surface area contributed by atoms with Gasteiger partial charge in [-0.3, -0.25) is 0 Å². The maximum Gasteiger partial charge on any atom is 0.147 e. The largest absolute Gasteiger partial charge is 0.378 e. The molecule has 5 rings (SSSR count). The molecule has 1 fully saturated rings. The summed E-state index contributed by atoms with van der Waals surface area (Å²) in [5.74, 6) is 2.11. The number of anilines is 2. The number of nitrogens with one attached hydrogen (secondary N) is 1. The Labute approximate surface area is 181 Å². The van der Waals surface area contributed by atoms with Crippen molar-refractivity contribution in [3.05, 3.63) is 17.5 Å². The Balaban J connectivity index is 1.54. The van der Waals surface area contributed by atoms with Crippen LogP contribution in [0.25, 0.3) is 20.4 Å². The molecule has 7 nitrogen and oxygen atoms in total. The highest BCUT2D eigenvalue weighted by atomic mass is 32.1. The topological polar surface area (TPSA) is 66.4 Å². The van der Waals surface area contributed by atoms with Crippen LogP contribution in [0.2, 0.25) is 0 Å². The summed E-state index contributed by atoms with van der Waals surface area (Å²) in [6.45, 7) is 11.9. The number of hydrogen-bond donors (Lipinski definition) is 1. The van der Waals surface area contributed by atoms with Gasteiger partial charge in [0.25, 0.3) is 0 Å². The van der Waals surface area contributed by atoms with E-state index < -0.39 is 0 Å². The van der Waals surface area contributed by atoms with Crippen LogP contribution in [0.5, 0.6) is 0 Å². The molecule has 2 aliphatic rings. The van der Waals surface area contributed by atoms with E-state index >= 15 is 0 Å². The van der Waals surface area contributed by atoms with Gasteiger partial charge < -0.3 is 19.9 Å². The second-order valence-corrected chi connectivity index (χ2v) is 8.98. The number of likely N-dealkylation sites (N-methyl/N-ethyl adjacent to an activating group) is 1. The van der Waals surface area contributed by atoms with Crippen molar-refractivity contribution in [2.45, 2.75) is 33.1 Å². The van der Waals surface area contributed by atoms with Crippen LogP contribution in [-0.4, -0.2) is 72.3 Å². The quantitative estimate of drug-likeness (QED) is 0.622. The molecule has 3 aromatic heterocycles. The summed E-state index contributed by atoms with van der Waals surface area (Å²) in [6.07, 6.45) is 5.13. The van der Waals surface area contributed by atoms with Gasteiger partial charge in [-0.05, 0) is 43.5 Å². The monoisotopic (exact) mass is 426 g/mol. The van der Waals surface area contributed by atoms with E-state index in [2.05, 4.69) is 33.9 Å². The van der Waals surface area contributed by atoms with Crippen LogP contribution in [0.4, 0.5) is 11.6 Å². The van der Waals surface area contributed by atoms with Crippen LogP contribution in [-0.2, 0) is 17.6 Å². The molecule has 0 saturated carbocycles. The Kier molecular flexibility index (Phi) is 5.71. The summed E-state index contributed by atoms with van der Waals surface area (Å²) in [7, 11) is 0. The molecule has 0 aromatic carbocycles. The number of rotatable bonds is 7. The fourth-order valence-corrected chi connectivity index (χ4v) is 5.83. The first-order valence-electron chi connectivity index (χ1n) is 11.2. The van der Waals surface area contributed by atoms with Crippen LogP contribution in [0.1, 0.15) is 31.4 Å². The fraction of sp³-hybridized carbons (Fsp3) is 0.591. The molecule has 4 heterocycles. The van der Waals surface area contributed by atoms with E-state index in [1.165, 1.54) is 28.8 Å². The van der Waals surface area contributed by atoms with E-state index in [0.29, 0.717) is 0 Å². The van der Waals surface area contributed by atoms with Crippen LogP contribution in [0, 0.1) is 0 Å². The lowest BCUT2D eigenvalue weighted by Gasteiger charge is -2.29. The normalized spacial score (nSPS) is 16.7. The number of hydrogen-bond acceptors (Lipinski definition) is 8. The van der Waals surface area contributed by atoms with E-state index in [4.69, 9.17) is 14.7 Å². The number of ether oxygens (including phenoxy) is 1. The third-order valence-electron chi connectivity index (χ3n) is 6.38. The summed E-state index contributed by atoms with van der Waals surface area (Å²) < 4.78 is 6.70. The predicted molar refractivity (Wildman–Crippen MR) is 124 cm³/mol. The molecule has 1 saturated heterocycles. The molecule has 1 aliphatic heterocycles. The van der Waals surface area contributed by atoms with Crippen molar-refractivity contribution in [2.75, 3.05) is 62.7 Å². The van der Waals surface area contributed by atoms with E-state index in [0.717, 1.165) is 86.2 Å². The fourth-order valence-electron chi connectivity index (χ4n) is 4.71. The van der Waals surface area contributed by atoms with Gasteiger partial charge in [0.1, 0.15) is 22.8 Å². The molecule has 3 aromatic rings. The van der Waals surface area contributed by atoms with Crippen LogP contribution in [0.15, 0.2) is 6.33 Å².